The highest BCUT2D eigenvalue weighted by Crippen LogP contribution is 2.06. The summed E-state index contributed by atoms with van der Waals surface area (Å²) < 4.78 is 0. The number of hydrogen-bond donors (Lipinski definition) is 3. The van der Waals surface area contributed by atoms with Crippen LogP contribution in [0.4, 0.5) is 0 Å². The lowest BCUT2D eigenvalue weighted by Gasteiger charge is -2.18. The van der Waals surface area contributed by atoms with Crippen LogP contribution in [0.25, 0.3) is 0 Å². The Hall–Kier alpha value is -0.120. The van der Waals surface area contributed by atoms with E-state index in [1.807, 2.05) is 0 Å². The summed E-state index contributed by atoms with van der Waals surface area (Å²) >= 11 is 0. The third kappa shape index (κ3) is 4.94. The molecule has 14 heavy (non-hydrogen) atoms. The average molecular weight is 200 g/mol. The first-order valence-electron chi connectivity index (χ1n) is 5.88. The zero-order chi connectivity index (χ0) is 10.2. The summed E-state index contributed by atoms with van der Waals surface area (Å²) in [6, 6.07) is 0.686. The van der Waals surface area contributed by atoms with Crippen LogP contribution in [0.3, 0.4) is 0 Å². The summed E-state index contributed by atoms with van der Waals surface area (Å²) in [5.74, 6) is 0.594. The Morgan fingerprint density at radius 1 is 1.43 bits per heavy atom. The molecule has 0 aliphatic carbocycles. The van der Waals surface area contributed by atoms with Crippen molar-refractivity contribution < 1.29 is 5.11 Å². The lowest BCUT2D eigenvalue weighted by atomic mass is 10.1. The van der Waals surface area contributed by atoms with Gasteiger partial charge in [-0.25, -0.2) is 0 Å². The molecular weight excluding hydrogens is 176 g/mol. The van der Waals surface area contributed by atoms with Crippen LogP contribution in [-0.4, -0.2) is 37.4 Å². The lowest BCUT2D eigenvalue weighted by molar-refractivity contribution is 0.256. The van der Waals surface area contributed by atoms with Crippen molar-refractivity contribution >= 4 is 0 Å². The number of aliphatic hydroxyl groups excluding tert-OH is 1. The van der Waals surface area contributed by atoms with Crippen molar-refractivity contribution in [2.75, 3.05) is 26.2 Å². The zero-order valence-electron chi connectivity index (χ0n) is 9.26. The predicted octanol–water partition coefficient (Wildman–Crippen LogP) is 0.737. The second kappa shape index (κ2) is 7.21. The van der Waals surface area contributed by atoms with Crippen LogP contribution >= 0.6 is 0 Å². The van der Waals surface area contributed by atoms with Gasteiger partial charge >= 0.3 is 0 Å². The van der Waals surface area contributed by atoms with Crippen molar-refractivity contribution in [1.29, 1.82) is 0 Å². The third-order valence-electron chi connectivity index (χ3n) is 2.95. The van der Waals surface area contributed by atoms with Gasteiger partial charge in [-0.3, -0.25) is 0 Å². The topological polar surface area (TPSA) is 44.3 Å². The van der Waals surface area contributed by atoms with Crippen LogP contribution in [0.1, 0.15) is 32.6 Å². The van der Waals surface area contributed by atoms with E-state index in [2.05, 4.69) is 17.6 Å². The Kier molecular flexibility index (Phi) is 6.15. The predicted molar refractivity (Wildman–Crippen MR) is 59.4 cm³/mol. The van der Waals surface area contributed by atoms with Crippen molar-refractivity contribution in [2.24, 2.45) is 5.92 Å². The Labute approximate surface area is 87.3 Å². The molecule has 1 heterocycles. The first-order chi connectivity index (χ1) is 6.83. The van der Waals surface area contributed by atoms with Crippen LogP contribution in [0.5, 0.6) is 0 Å². The second-order valence-electron chi connectivity index (χ2n) is 4.40. The molecular formula is C11H24N2O. The SMILES string of the molecule is CC(CCO)CNC1CCCNCC1. The van der Waals surface area contributed by atoms with Crippen LogP contribution in [0.2, 0.25) is 0 Å². The van der Waals surface area contributed by atoms with Crippen molar-refractivity contribution in [3.05, 3.63) is 0 Å². The quantitative estimate of drug-likeness (QED) is 0.613. The maximum Gasteiger partial charge on any atom is 0.0434 e. The molecule has 0 radical (unpaired) electrons. The minimum Gasteiger partial charge on any atom is -0.396 e. The van der Waals surface area contributed by atoms with Crippen LogP contribution in [0.15, 0.2) is 0 Å². The van der Waals surface area contributed by atoms with Crippen LogP contribution < -0.4 is 10.6 Å². The second-order valence-corrected chi connectivity index (χ2v) is 4.40. The van der Waals surface area contributed by atoms with Gasteiger partial charge in [0.1, 0.15) is 0 Å². The summed E-state index contributed by atoms with van der Waals surface area (Å²) in [6.07, 6.45) is 4.73. The normalized spacial score (nSPS) is 25.7. The molecule has 0 aromatic rings. The lowest BCUT2D eigenvalue weighted by Crippen LogP contribution is -2.33. The summed E-state index contributed by atoms with van der Waals surface area (Å²) in [6.45, 7) is 5.87. The first-order valence-corrected chi connectivity index (χ1v) is 5.88. The molecule has 3 N–H and O–H groups in total. The first kappa shape index (κ1) is 12.0. The fourth-order valence-electron chi connectivity index (χ4n) is 1.91. The minimum absolute atomic E-state index is 0.315. The smallest absolute Gasteiger partial charge is 0.0434 e. The molecule has 0 amide bonds. The van der Waals surface area contributed by atoms with Gasteiger partial charge < -0.3 is 15.7 Å². The summed E-state index contributed by atoms with van der Waals surface area (Å²) in [7, 11) is 0. The number of rotatable bonds is 5. The molecule has 3 heteroatoms. The largest absolute Gasteiger partial charge is 0.396 e. The molecule has 0 saturated carbocycles. The Bertz CT molecular complexity index is 133. The molecule has 1 fully saturated rings. The molecule has 1 aliphatic heterocycles. The van der Waals surface area contributed by atoms with E-state index in [0.29, 0.717) is 18.6 Å². The van der Waals surface area contributed by atoms with E-state index in [1.54, 1.807) is 0 Å². The fraction of sp³-hybridized carbons (Fsp3) is 1.00. The molecule has 84 valence electrons. The standard InChI is InChI=1S/C11H24N2O/c1-10(5-8-14)9-13-11-3-2-6-12-7-4-11/h10-14H,2-9H2,1H3. The van der Waals surface area contributed by atoms with E-state index in [4.69, 9.17) is 5.11 Å². The number of nitrogens with one attached hydrogen (secondary N) is 2. The van der Waals surface area contributed by atoms with Gasteiger partial charge in [-0.1, -0.05) is 6.92 Å². The van der Waals surface area contributed by atoms with Crippen molar-refractivity contribution in [2.45, 2.75) is 38.6 Å². The molecule has 0 spiro atoms. The van der Waals surface area contributed by atoms with Crippen LogP contribution in [-0.2, 0) is 0 Å². The molecule has 2 unspecified atom stereocenters. The summed E-state index contributed by atoms with van der Waals surface area (Å²) in [5.41, 5.74) is 0. The highest BCUT2D eigenvalue weighted by molar-refractivity contribution is 4.73. The third-order valence-corrected chi connectivity index (χ3v) is 2.95. The van der Waals surface area contributed by atoms with E-state index in [9.17, 15) is 0 Å². The van der Waals surface area contributed by atoms with E-state index < -0.39 is 0 Å². The molecule has 0 bridgehead atoms. The van der Waals surface area contributed by atoms with Crippen molar-refractivity contribution in [3.8, 4) is 0 Å². The van der Waals surface area contributed by atoms with Crippen LogP contribution in [0, 0.1) is 5.92 Å². The molecule has 1 saturated heterocycles. The Morgan fingerprint density at radius 2 is 2.29 bits per heavy atom. The molecule has 0 aromatic carbocycles. The van der Waals surface area contributed by atoms with Gasteiger partial charge in [-0.15, -0.1) is 0 Å². The maximum absolute atomic E-state index is 8.78. The average Bonchev–Trinajstić information content (AvgIpc) is 2.43. The minimum atomic E-state index is 0.315. The zero-order valence-corrected chi connectivity index (χ0v) is 9.26. The summed E-state index contributed by atoms with van der Waals surface area (Å²) in [4.78, 5) is 0. The Balaban J connectivity index is 2.09. The summed E-state index contributed by atoms with van der Waals surface area (Å²) in [5, 5.41) is 15.8. The number of hydrogen-bond acceptors (Lipinski definition) is 3. The van der Waals surface area contributed by atoms with Gasteiger partial charge in [-0.05, 0) is 51.2 Å². The van der Waals surface area contributed by atoms with E-state index in [1.165, 1.54) is 25.8 Å². The molecule has 1 rings (SSSR count). The highest BCUT2D eigenvalue weighted by Gasteiger charge is 2.11. The molecule has 2 atom stereocenters. The van der Waals surface area contributed by atoms with Gasteiger partial charge in [0, 0.05) is 12.6 Å². The van der Waals surface area contributed by atoms with Crippen molar-refractivity contribution in [1.82, 2.24) is 10.6 Å². The van der Waals surface area contributed by atoms with Gasteiger partial charge in [0.25, 0.3) is 0 Å². The monoisotopic (exact) mass is 200 g/mol. The maximum atomic E-state index is 8.78. The molecule has 1 aliphatic rings. The van der Waals surface area contributed by atoms with Gasteiger partial charge in [0.05, 0.1) is 0 Å². The molecule has 3 nitrogen and oxygen atoms in total. The number of aliphatic hydroxyl groups is 1. The molecule has 0 aromatic heterocycles. The van der Waals surface area contributed by atoms with E-state index in [-0.39, 0.29) is 0 Å². The van der Waals surface area contributed by atoms with Gasteiger partial charge in [-0.2, -0.15) is 0 Å². The van der Waals surface area contributed by atoms with Gasteiger partial charge in [0.15, 0.2) is 0 Å². The highest BCUT2D eigenvalue weighted by atomic mass is 16.3. The van der Waals surface area contributed by atoms with E-state index in [0.717, 1.165) is 19.5 Å². The fourth-order valence-corrected chi connectivity index (χ4v) is 1.91. The van der Waals surface area contributed by atoms with Gasteiger partial charge in [0.2, 0.25) is 0 Å². The van der Waals surface area contributed by atoms with Crippen molar-refractivity contribution in [3.63, 3.8) is 0 Å². The van der Waals surface area contributed by atoms with E-state index >= 15 is 0 Å². The Morgan fingerprint density at radius 3 is 3.07 bits per heavy atom.